The fourth-order valence-corrected chi connectivity index (χ4v) is 3.11. The minimum Gasteiger partial charge on any atom is -0.497 e. The molecule has 114 valence electrons. The molecule has 1 heterocycles. The Balaban J connectivity index is 2.35. The van der Waals surface area contributed by atoms with Crippen molar-refractivity contribution in [3.05, 3.63) is 45.2 Å². The van der Waals surface area contributed by atoms with Crippen molar-refractivity contribution in [2.45, 2.75) is 26.3 Å². The van der Waals surface area contributed by atoms with Crippen LogP contribution in [0.2, 0.25) is 0 Å². The Morgan fingerprint density at radius 2 is 2.10 bits per heavy atom. The van der Waals surface area contributed by atoms with E-state index in [9.17, 15) is 0 Å². The minimum absolute atomic E-state index is 0.224. The zero-order valence-corrected chi connectivity index (χ0v) is 14.8. The van der Waals surface area contributed by atoms with Gasteiger partial charge in [0, 0.05) is 28.8 Å². The van der Waals surface area contributed by atoms with Crippen LogP contribution >= 0.6 is 15.9 Å². The molecule has 1 aromatic carbocycles. The number of halogens is 1. The predicted molar refractivity (Wildman–Crippen MR) is 88.9 cm³/mol. The first-order valence-electron chi connectivity index (χ1n) is 6.97. The molecule has 1 atom stereocenters. The largest absolute Gasteiger partial charge is 0.497 e. The van der Waals surface area contributed by atoms with Gasteiger partial charge in [0.15, 0.2) is 0 Å². The Morgan fingerprint density at radius 1 is 1.38 bits per heavy atom. The van der Waals surface area contributed by atoms with E-state index >= 15 is 0 Å². The fraction of sp³-hybridized carbons (Fsp3) is 0.438. The number of nitrogens with one attached hydrogen (secondary N) is 1. The van der Waals surface area contributed by atoms with Crippen molar-refractivity contribution < 1.29 is 4.74 Å². The van der Waals surface area contributed by atoms with Crippen molar-refractivity contribution >= 4 is 15.9 Å². The van der Waals surface area contributed by atoms with Crippen LogP contribution in [-0.4, -0.2) is 23.9 Å². The molecule has 5 heteroatoms. The van der Waals surface area contributed by atoms with E-state index in [4.69, 9.17) is 4.74 Å². The molecule has 0 saturated heterocycles. The Labute approximate surface area is 134 Å². The first-order valence-corrected chi connectivity index (χ1v) is 7.77. The van der Waals surface area contributed by atoms with Gasteiger partial charge >= 0.3 is 0 Å². The Morgan fingerprint density at radius 3 is 2.62 bits per heavy atom. The summed E-state index contributed by atoms with van der Waals surface area (Å²) in [5.74, 6) is 0.877. The van der Waals surface area contributed by atoms with E-state index in [1.54, 1.807) is 7.11 Å². The van der Waals surface area contributed by atoms with Gasteiger partial charge in [-0.05, 0) is 51.1 Å². The molecule has 2 aromatic rings. The lowest BCUT2D eigenvalue weighted by Crippen LogP contribution is -2.20. The van der Waals surface area contributed by atoms with Crippen LogP contribution in [0.5, 0.6) is 5.75 Å². The second-order valence-corrected chi connectivity index (χ2v) is 6.07. The van der Waals surface area contributed by atoms with Gasteiger partial charge in [-0.25, -0.2) is 0 Å². The van der Waals surface area contributed by atoms with Crippen molar-refractivity contribution in [2.24, 2.45) is 7.05 Å². The first-order chi connectivity index (χ1) is 9.97. The normalized spacial score (nSPS) is 12.5. The average molecular weight is 352 g/mol. The molecule has 1 N–H and O–H groups in total. The maximum absolute atomic E-state index is 5.32. The van der Waals surface area contributed by atoms with Gasteiger partial charge in [-0.1, -0.05) is 15.9 Å². The van der Waals surface area contributed by atoms with Gasteiger partial charge in [-0.2, -0.15) is 5.10 Å². The van der Waals surface area contributed by atoms with E-state index in [2.05, 4.69) is 46.3 Å². The molecular formula is C16H22BrN3O. The third kappa shape index (κ3) is 3.30. The lowest BCUT2D eigenvalue weighted by molar-refractivity contribution is 0.413. The summed E-state index contributed by atoms with van der Waals surface area (Å²) in [6, 6.07) is 6.30. The number of aromatic nitrogens is 2. The number of aryl methyl sites for hydroxylation is 2. The smallest absolute Gasteiger partial charge is 0.119 e. The topological polar surface area (TPSA) is 39.1 Å². The number of hydrogen-bond acceptors (Lipinski definition) is 3. The highest BCUT2D eigenvalue weighted by Gasteiger charge is 2.20. The quantitative estimate of drug-likeness (QED) is 0.897. The molecule has 0 fully saturated rings. The molecular weight excluding hydrogens is 330 g/mol. The van der Waals surface area contributed by atoms with Gasteiger partial charge in [-0.3, -0.25) is 4.68 Å². The molecule has 1 aromatic heterocycles. The van der Waals surface area contributed by atoms with Gasteiger partial charge in [0.2, 0.25) is 0 Å². The SMILES string of the molecule is CNC(Cc1cc(OC)ccc1Br)c1c(C)nn(C)c1C. The Kier molecular flexibility index (Phi) is 5.06. The molecule has 1 unspecified atom stereocenters. The lowest BCUT2D eigenvalue weighted by atomic mass is 9.97. The number of hydrogen-bond donors (Lipinski definition) is 1. The summed E-state index contributed by atoms with van der Waals surface area (Å²) in [5, 5.41) is 7.93. The summed E-state index contributed by atoms with van der Waals surface area (Å²) in [7, 11) is 5.67. The molecule has 0 amide bonds. The maximum atomic E-state index is 5.32. The molecule has 0 bridgehead atoms. The Hall–Kier alpha value is -1.33. The summed E-state index contributed by atoms with van der Waals surface area (Å²) in [6.07, 6.45) is 0.877. The van der Waals surface area contributed by atoms with Crippen molar-refractivity contribution in [1.29, 1.82) is 0 Å². The van der Waals surface area contributed by atoms with Crippen molar-refractivity contribution in [3.63, 3.8) is 0 Å². The zero-order valence-electron chi connectivity index (χ0n) is 13.2. The second kappa shape index (κ2) is 6.62. The predicted octanol–water partition coefficient (Wildman–Crippen LogP) is 3.31. The van der Waals surface area contributed by atoms with Crippen molar-refractivity contribution in [2.75, 3.05) is 14.2 Å². The molecule has 0 spiro atoms. The minimum atomic E-state index is 0.224. The van der Waals surface area contributed by atoms with Crippen LogP contribution in [0.15, 0.2) is 22.7 Å². The summed E-state index contributed by atoms with van der Waals surface area (Å²) in [5.41, 5.74) is 4.77. The molecule has 2 rings (SSSR count). The molecule has 0 aliphatic heterocycles. The number of nitrogens with zero attached hydrogens (tertiary/aromatic N) is 2. The summed E-state index contributed by atoms with van der Waals surface area (Å²) >= 11 is 3.63. The average Bonchev–Trinajstić information content (AvgIpc) is 2.72. The summed E-state index contributed by atoms with van der Waals surface area (Å²) < 4.78 is 8.36. The molecule has 0 aliphatic rings. The van der Waals surface area contributed by atoms with Gasteiger partial charge in [-0.15, -0.1) is 0 Å². The number of benzene rings is 1. The molecule has 0 saturated carbocycles. The molecule has 4 nitrogen and oxygen atoms in total. The zero-order chi connectivity index (χ0) is 15.6. The molecule has 0 radical (unpaired) electrons. The van der Waals surface area contributed by atoms with E-state index in [0.717, 1.165) is 22.3 Å². The monoisotopic (exact) mass is 351 g/mol. The van der Waals surface area contributed by atoms with Crippen LogP contribution in [0, 0.1) is 13.8 Å². The van der Waals surface area contributed by atoms with Crippen LogP contribution < -0.4 is 10.1 Å². The number of rotatable bonds is 5. The van der Waals surface area contributed by atoms with Gasteiger partial charge < -0.3 is 10.1 Å². The third-order valence-corrected chi connectivity index (χ3v) is 4.71. The molecule has 0 aliphatic carbocycles. The van der Waals surface area contributed by atoms with Crippen molar-refractivity contribution in [1.82, 2.24) is 15.1 Å². The number of methoxy groups -OCH3 is 1. The Bertz CT molecular complexity index is 637. The highest BCUT2D eigenvalue weighted by atomic mass is 79.9. The standard InChI is InChI=1S/C16H22BrN3O/c1-10-16(11(2)20(4)19-10)15(18-3)9-12-8-13(21-5)6-7-14(12)17/h6-8,15,18H,9H2,1-5H3. The van der Waals surface area contributed by atoms with E-state index in [1.807, 2.05) is 30.9 Å². The molecule has 21 heavy (non-hydrogen) atoms. The van der Waals surface area contributed by atoms with E-state index in [-0.39, 0.29) is 6.04 Å². The number of ether oxygens (including phenoxy) is 1. The summed E-state index contributed by atoms with van der Waals surface area (Å²) in [6.45, 7) is 4.17. The fourth-order valence-electron chi connectivity index (χ4n) is 2.70. The first kappa shape index (κ1) is 16.0. The van der Waals surface area contributed by atoms with Crippen LogP contribution in [-0.2, 0) is 13.5 Å². The van der Waals surface area contributed by atoms with Crippen LogP contribution in [0.1, 0.15) is 28.6 Å². The highest BCUT2D eigenvalue weighted by molar-refractivity contribution is 9.10. The van der Waals surface area contributed by atoms with E-state index in [1.165, 1.54) is 16.8 Å². The van der Waals surface area contributed by atoms with Crippen LogP contribution in [0.25, 0.3) is 0 Å². The summed E-state index contributed by atoms with van der Waals surface area (Å²) in [4.78, 5) is 0. The van der Waals surface area contributed by atoms with E-state index < -0.39 is 0 Å². The lowest BCUT2D eigenvalue weighted by Gasteiger charge is -2.18. The van der Waals surface area contributed by atoms with Crippen LogP contribution in [0.3, 0.4) is 0 Å². The third-order valence-electron chi connectivity index (χ3n) is 3.94. The van der Waals surface area contributed by atoms with Gasteiger partial charge in [0.25, 0.3) is 0 Å². The van der Waals surface area contributed by atoms with E-state index in [0.29, 0.717) is 0 Å². The van der Waals surface area contributed by atoms with Crippen molar-refractivity contribution in [3.8, 4) is 5.75 Å². The second-order valence-electron chi connectivity index (χ2n) is 5.21. The van der Waals surface area contributed by atoms with Gasteiger partial charge in [0.05, 0.1) is 12.8 Å². The van der Waals surface area contributed by atoms with Gasteiger partial charge in [0.1, 0.15) is 5.75 Å². The highest BCUT2D eigenvalue weighted by Crippen LogP contribution is 2.29. The maximum Gasteiger partial charge on any atom is 0.119 e. The number of likely N-dealkylation sites (N-methyl/N-ethyl adjacent to an activating group) is 1. The van der Waals surface area contributed by atoms with Crippen LogP contribution in [0.4, 0.5) is 0 Å².